The lowest BCUT2D eigenvalue weighted by molar-refractivity contribution is 0.511. The zero-order chi connectivity index (χ0) is 11.5. The van der Waals surface area contributed by atoms with Crippen LogP contribution in [0.25, 0.3) is 0 Å². The first-order chi connectivity index (χ1) is 7.66. The van der Waals surface area contributed by atoms with Crippen LogP contribution >= 0.6 is 22.9 Å². The van der Waals surface area contributed by atoms with Gasteiger partial charge >= 0.3 is 0 Å². The van der Waals surface area contributed by atoms with Crippen LogP contribution in [0.15, 0.2) is 29.6 Å². The van der Waals surface area contributed by atoms with E-state index in [-0.39, 0.29) is 5.69 Å². The van der Waals surface area contributed by atoms with E-state index < -0.39 is 11.6 Å². The van der Waals surface area contributed by atoms with Gasteiger partial charge in [0.1, 0.15) is 0 Å². The van der Waals surface area contributed by atoms with Gasteiger partial charge in [0.25, 0.3) is 0 Å². The molecule has 0 fully saturated rings. The predicted octanol–water partition coefficient (Wildman–Crippen LogP) is 4.29. The van der Waals surface area contributed by atoms with Crippen molar-refractivity contribution in [2.75, 3.05) is 5.32 Å². The molecule has 1 N–H and O–H groups in total. The Labute approximate surface area is 101 Å². The molecule has 5 heteroatoms. The lowest BCUT2D eigenvalue weighted by atomic mass is 10.3. The first kappa shape index (κ1) is 11.4. The summed E-state index contributed by atoms with van der Waals surface area (Å²) in [5.41, 5.74) is 0.157. The molecule has 1 heterocycles. The molecular formula is C11H8ClF2NS. The molecule has 0 amide bonds. The van der Waals surface area contributed by atoms with Crippen molar-refractivity contribution in [3.63, 3.8) is 0 Å². The van der Waals surface area contributed by atoms with Gasteiger partial charge in [0.15, 0.2) is 11.6 Å². The van der Waals surface area contributed by atoms with Crippen molar-refractivity contribution in [1.29, 1.82) is 0 Å². The van der Waals surface area contributed by atoms with E-state index in [2.05, 4.69) is 5.32 Å². The Morgan fingerprint density at radius 2 is 2.12 bits per heavy atom. The fourth-order valence-electron chi connectivity index (χ4n) is 1.27. The van der Waals surface area contributed by atoms with Crippen molar-refractivity contribution in [2.45, 2.75) is 6.54 Å². The van der Waals surface area contributed by atoms with E-state index >= 15 is 0 Å². The average Bonchev–Trinajstić information content (AvgIpc) is 2.67. The van der Waals surface area contributed by atoms with Gasteiger partial charge in [-0.3, -0.25) is 0 Å². The minimum atomic E-state index is -0.856. The highest BCUT2D eigenvalue weighted by molar-refractivity contribution is 7.10. The van der Waals surface area contributed by atoms with Crippen LogP contribution in [0.5, 0.6) is 0 Å². The SMILES string of the molecule is Fc1cccc(NCc2cc(Cl)cs2)c1F. The summed E-state index contributed by atoms with van der Waals surface area (Å²) in [4.78, 5) is 0.966. The van der Waals surface area contributed by atoms with E-state index in [4.69, 9.17) is 11.6 Å². The molecule has 0 unspecified atom stereocenters. The van der Waals surface area contributed by atoms with Gasteiger partial charge in [0.2, 0.25) is 0 Å². The third-order valence-electron chi connectivity index (χ3n) is 2.03. The first-order valence-electron chi connectivity index (χ1n) is 4.57. The average molecular weight is 260 g/mol. The van der Waals surface area contributed by atoms with Crippen molar-refractivity contribution in [1.82, 2.24) is 0 Å². The molecule has 0 saturated heterocycles. The third kappa shape index (κ3) is 2.51. The van der Waals surface area contributed by atoms with E-state index in [1.165, 1.54) is 23.5 Å². The van der Waals surface area contributed by atoms with Gasteiger partial charge in [-0.05, 0) is 18.2 Å². The predicted molar refractivity (Wildman–Crippen MR) is 63.0 cm³/mol. The number of benzene rings is 1. The molecule has 0 aliphatic heterocycles. The van der Waals surface area contributed by atoms with Crippen LogP contribution in [-0.2, 0) is 6.54 Å². The van der Waals surface area contributed by atoms with Gasteiger partial charge < -0.3 is 5.32 Å². The van der Waals surface area contributed by atoms with Crippen molar-refractivity contribution in [3.8, 4) is 0 Å². The number of nitrogens with one attached hydrogen (secondary N) is 1. The molecule has 0 spiro atoms. The Morgan fingerprint density at radius 3 is 2.81 bits per heavy atom. The molecule has 1 aromatic heterocycles. The van der Waals surface area contributed by atoms with Crippen LogP contribution in [0.1, 0.15) is 4.88 Å². The summed E-state index contributed by atoms with van der Waals surface area (Å²) in [6.07, 6.45) is 0. The highest BCUT2D eigenvalue weighted by Gasteiger charge is 2.07. The third-order valence-corrected chi connectivity index (χ3v) is 3.31. The minimum Gasteiger partial charge on any atom is -0.378 e. The number of rotatable bonds is 3. The normalized spacial score (nSPS) is 10.4. The molecule has 1 aromatic carbocycles. The number of hydrogen-bond donors (Lipinski definition) is 1. The highest BCUT2D eigenvalue weighted by Crippen LogP contribution is 2.22. The van der Waals surface area contributed by atoms with E-state index in [0.717, 1.165) is 10.9 Å². The molecule has 0 aliphatic rings. The number of anilines is 1. The number of thiophene rings is 1. The summed E-state index contributed by atoms with van der Waals surface area (Å²) in [5, 5.41) is 5.27. The molecule has 1 nitrogen and oxygen atoms in total. The van der Waals surface area contributed by atoms with E-state index in [9.17, 15) is 8.78 Å². The Hall–Kier alpha value is -1.13. The Bertz CT molecular complexity index is 498. The number of hydrogen-bond acceptors (Lipinski definition) is 2. The van der Waals surface area contributed by atoms with Crippen molar-refractivity contribution in [2.24, 2.45) is 0 Å². The highest BCUT2D eigenvalue weighted by atomic mass is 35.5. The molecule has 0 radical (unpaired) electrons. The standard InChI is InChI=1S/C11H8ClF2NS/c12-7-4-8(16-6-7)5-15-10-3-1-2-9(13)11(10)14/h1-4,6,15H,5H2. The Morgan fingerprint density at radius 1 is 1.31 bits per heavy atom. The molecule has 0 atom stereocenters. The van der Waals surface area contributed by atoms with Crippen LogP contribution in [0.2, 0.25) is 5.02 Å². The molecular weight excluding hydrogens is 252 g/mol. The second-order valence-corrected chi connectivity index (χ2v) is 4.62. The second kappa shape index (κ2) is 4.80. The molecule has 0 bridgehead atoms. The van der Waals surface area contributed by atoms with E-state index in [0.29, 0.717) is 11.6 Å². The molecule has 84 valence electrons. The Balaban J connectivity index is 2.07. The van der Waals surface area contributed by atoms with Crippen LogP contribution in [0, 0.1) is 11.6 Å². The Kier molecular flexibility index (Phi) is 3.41. The van der Waals surface area contributed by atoms with Gasteiger partial charge in [0.05, 0.1) is 10.7 Å². The summed E-state index contributed by atoms with van der Waals surface area (Å²) in [7, 11) is 0. The minimum absolute atomic E-state index is 0.157. The molecule has 2 aromatic rings. The monoisotopic (exact) mass is 259 g/mol. The fraction of sp³-hybridized carbons (Fsp3) is 0.0909. The zero-order valence-electron chi connectivity index (χ0n) is 8.14. The van der Waals surface area contributed by atoms with Crippen molar-refractivity contribution in [3.05, 3.63) is 51.2 Å². The number of halogens is 3. The fourth-order valence-corrected chi connectivity index (χ4v) is 2.28. The van der Waals surface area contributed by atoms with Gasteiger partial charge in [-0.2, -0.15) is 0 Å². The summed E-state index contributed by atoms with van der Waals surface area (Å²) in [6, 6.07) is 5.83. The van der Waals surface area contributed by atoms with Crippen LogP contribution < -0.4 is 5.32 Å². The summed E-state index contributed by atoms with van der Waals surface area (Å²) < 4.78 is 26.1. The maximum Gasteiger partial charge on any atom is 0.181 e. The second-order valence-electron chi connectivity index (χ2n) is 3.19. The van der Waals surface area contributed by atoms with Gasteiger partial charge in [-0.1, -0.05) is 17.7 Å². The lowest BCUT2D eigenvalue weighted by Crippen LogP contribution is -2.01. The maximum atomic E-state index is 13.2. The topological polar surface area (TPSA) is 12.0 Å². The quantitative estimate of drug-likeness (QED) is 0.867. The largest absolute Gasteiger partial charge is 0.378 e. The molecule has 16 heavy (non-hydrogen) atoms. The summed E-state index contributed by atoms with van der Waals surface area (Å²) in [5.74, 6) is -1.71. The van der Waals surface area contributed by atoms with E-state index in [1.54, 1.807) is 11.4 Å². The van der Waals surface area contributed by atoms with Crippen LogP contribution in [0.4, 0.5) is 14.5 Å². The summed E-state index contributed by atoms with van der Waals surface area (Å²) in [6.45, 7) is 0.428. The summed E-state index contributed by atoms with van der Waals surface area (Å²) >= 11 is 7.22. The lowest BCUT2D eigenvalue weighted by Gasteiger charge is -2.06. The molecule has 0 aliphatic carbocycles. The first-order valence-corrected chi connectivity index (χ1v) is 5.83. The van der Waals surface area contributed by atoms with E-state index in [1.807, 2.05) is 0 Å². The van der Waals surface area contributed by atoms with Crippen LogP contribution in [0.3, 0.4) is 0 Å². The zero-order valence-corrected chi connectivity index (χ0v) is 9.71. The molecule has 0 saturated carbocycles. The van der Waals surface area contributed by atoms with Crippen molar-refractivity contribution < 1.29 is 8.78 Å². The van der Waals surface area contributed by atoms with Gasteiger partial charge in [-0.25, -0.2) is 8.78 Å². The maximum absolute atomic E-state index is 13.2. The van der Waals surface area contributed by atoms with Gasteiger partial charge in [-0.15, -0.1) is 11.3 Å². The smallest absolute Gasteiger partial charge is 0.181 e. The van der Waals surface area contributed by atoms with Gasteiger partial charge in [0, 0.05) is 16.8 Å². The molecule has 2 rings (SSSR count). The van der Waals surface area contributed by atoms with Crippen molar-refractivity contribution >= 4 is 28.6 Å². The van der Waals surface area contributed by atoms with Crippen LogP contribution in [-0.4, -0.2) is 0 Å².